The standard InChI is InChI=1S/C19H31NO2/c1-4-5-16-6-8-17(9-7-16)18(15(2)3)20-14-19(21)10-12-22-13-11-19/h6-9,15,18,20-21H,4-5,10-14H2,1-3H3. The summed E-state index contributed by atoms with van der Waals surface area (Å²) in [6.45, 7) is 8.63. The summed E-state index contributed by atoms with van der Waals surface area (Å²) >= 11 is 0. The van der Waals surface area contributed by atoms with E-state index in [9.17, 15) is 5.11 Å². The summed E-state index contributed by atoms with van der Waals surface area (Å²) in [6.07, 6.45) is 3.76. The van der Waals surface area contributed by atoms with Crippen molar-refractivity contribution in [1.29, 1.82) is 0 Å². The molecule has 1 aliphatic heterocycles. The van der Waals surface area contributed by atoms with Gasteiger partial charge in [-0.1, -0.05) is 51.5 Å². The number of hydrogen-bond acceptors (Lipinski definition) is 3. The summed E-state index contributed by atoms with van der Waals surface area (Å²) < 4.78 is 5.35. The summed E-state index contributed by atoms with van der Waals surface area (Å²) in [4.78, 5) is 0. The molecule has 1 aromatic rings. The number of rotatable bonds is 7. The van der Waals surface area contributed by atoms with Crippen LogP contribution in [0.25, 0.3) is 0 Å². The molecule has 3 heteroatoms. The molecule has 1 aromatic carbocycles. The van der Waals surface area contributed by atoms with E-state index in [0.717, 1.165) is 19.3 Å². The average Bonchev–Trinajstić information content (AvgIpc) is 2.50. The Kier molecular flexibility index (Phi) is 6.42. The predicted molar refractivity (Wildman–Crippen MR) is 91.0 cm³/mol. The molecule has 124 valence electrons. The molecule has 1 heterocycles. The Bertz CT molecular complexity index is 435. The van der Waals surface area contributed by atoms with E-state index in [1.54, 1.807) is 0 Å². The Morgan fingerprint density at radius 2 is 1.82 bits per heavy atom. The zero-order chi connectivity index (χ0) is 16.0. The first-order valence-corrected chi connectivity index (χ1v) is 8.66. The van der Waals surface area contributed by atoms with Crippen molar-refractivity contribution < 1.29 is 9.84 Å². The maximum Gasteiger partial charge on any atom is 0.0815 e. The van der Waals surface area contributed by atoms with Crippen LogP contribution in [-0.4, -0.2) is 30.5 Å². The molecule has 0 radical (unpaired) electrons. The maximum atomic E-state index is 10.6. The topological polar surface area (TPSA) is 41.5 Å². The Morgan fingerprint density at radius 3 is 2.36 bits per heavy atom. The zero-order valence-corrected chi connectivity index (χ0v) is 14.3. The first-order valence-electron chi connectivity index (χ1n) is 8.66. The summed E-state index contributed by atoms with van der Waals surface area (Å²) in [6, 6.07) is 9.22. The Hall–Kier alpha value is -0.900. The van der Waals surface area contributed by atoms with Gasteiger partial charge in [-0.2, -0.15) is 0 Å². The first kappa shape index (κ1) is 17.5. The van der Waals surface area contributed by atoms with Crippen molar-refractivity contribution in [3.63, 3.8) is 0 Å². The van der Waals surface area contributed by atoms with E-state index in [1.165, 1.54) is 17.5 Å². The van der Waals surface area contributed by atoms with Crippen LogP contribution in [0, 0.1) is 5.92 Å². The number of nitrogens with one attached hydrogen (secondary N) is 1. The molecule has 1 aliphatic rings. The second-order valence-electron chi connectivity index (χ2n) is 6.93. The van der Waals surface area contributed by atoms with E-state index in [0.29, 0.717) is 25.7 Å². The smallest absolute Gasteiger partial charge is 0.0815 e. The van der Waals surface area contributed by atoms with Crippen LogP contribution >= 0.6 is 0 Å². The molecule has 0 bridgehead atoms. The van der Waals surface area contributed by atoms with Crippen LogP contribution in [0.2, 0.25) is 0 Å². The molecule has 2 rings (SSSR count). The van der Waals surface area contributed by atoms with Gasteiger partial charge in [0.15, 0.2) is 0 Å². The predicted octanol–water partition coefficient (Wildman–Crippen LogP) is 3.47. The normalized spacial score (nSPS) is 19.3. The Balaban J connectivity index is 2.00. The molecular weight excluding hydrogens is 274 g/mol. The molecule has 0 saturated carbocycles. The van der Waals surface area contributed by atoms with Gasteiger partial charge in [-0.3, -0.25) is 0 Å². The molecule has 0 aromatic heterocycles. The summed E-state index contributed by atoms with van der Waals surface area (Å²) in [5, 5.41) is 14.2. The van der Waals surface area contributed by atoms with Gasteiger partial charge in [-0.05, 0) is 23.5 Å². The zero-order valence-electron chi connectivity index (χ0n) is 14.3. The van der Waals surface area contributed by atoms with Crippen molar-refractivity contribution in [3.05, 3.63) is 35.4 Å². The van der Waals surface area contributed by atoms with Crippen molar-refractivity contribution in [2.75, 3.05) is 19.8 Å². The fourth-order valence-corrected chi connectivity index (χ4v) is 3.15. The van der Waals surface area contributed by atoms with Gasteiger partial charge in [0, 0.05) is 38.6 Å². The average molecular weight is 305 g/mol. The second kappa shape index (κ2) is 8.09. The number of aryl methyl sites for hydroxylation is 1. The molecule has 22 heavy (non-hydrogen) atoms. The van der Waals surface area contributed by atoms with Gasteiger partial charge in [0.2, 0.25) is 0 Å². The SMILES string of the molecule is CCCc1ccc(C(NCC2(O)CCOCC2)C(C)C)cc1. The highest BCUT2D eigenvalue weighted by Crippen LogP contribution is 2.25. The van der Waals surface area contributed by atoms with Crippen LogP contribution in [0.5, 0.6) is 0 Å². The number of benzene rings is 1. The molecule has 1 saturated heterocycles. The van der Waals surface area contributed by atoms with Crippen LogP contribution in [-0.2, 0) is 11.2 Å². The quantitative estimate of drug-likeness (QED) is 0.810. The lowest BCUT2D eigenvalue weighted by molar-refractivity contribution is -0.0633. The van der Waals surface area contributed by atoms with Gasteiger partial charge in [-0.15, -0.1) is 0 Å². The van der Waals surface area contributed by atoms with Crippen LogP contribution in [0.1, 0.15) is 57.2 Å². The summed E-state index contributed by atoms with van der Waals surface area (Å²) in [5.41, 5.74) is 2.09. The molecule has 1 atom stereocenters. The monoisotopic (exact) mass is 305 g/mol. The van der Waals surface area contributed by atoms with Crippen LogP contribution < -0.4 is 5.32 Å². The van der Waals surface area contributed by atoms with E-state index in [1.807, 2.05) is 0 Å². The van der Waals surface area contributed by atoms with Crippen molar-refractivity contribution in [2.24, 2.45) is 5.92 Å². The third-order valence-corrected chi connectivity index (χ3v) is 4.62. The van der Waals surface area contributed by atoms with Crippen molar-refractivity contribution in [1.82, 2.24) is 5.32 Å². The lowest BCUT2D eigenvalue weighted by Gasteiger charge is -2.35. The van der Waals surface area contributed by atoms with Gasteiger partial charge in [0.25, 0.3) is 0 Å². The van der Waals surface area contributed by atoms with Crippen LogP contribution in [0.15, 0.2) is 24.3 Å². The highest BCUT2D eigenvalue weighted by atomic mass is 16.5. The third kappa shape index (κ3) is 4.80. The number of ether oxygens (including phenoxy) is 1. The molecule has 0 aliphatic carbocycles. The van der Waals surface area contributed by atoms with E-state index < -0.39 is 5.60 Å². The number of hydrogen-bond donors (Lipinski definition) is 2. The van der Waals surface area contributed by atoms with Gasteiger partial charge in [0.05, 0.1) is 5.60 Å². The lowest BCUT2D eigenvalue weighted by Crippen LogP contribution is -2.46. The van der Waals surface area contributed by atoms with Gasteiger partial charge >= 0.3 is 0 Å². The molecule has 1 fully saturated rings. The fourth-order valence-electron chi connectivity index (χ4n) is 3.15. The third-order valence-electron chi connectivity index (χ3n) is 4.62. The molecule has 2 N–H and O–H groups in total. The minimum absolute atomic E-state index is 0.280. The fraction of sp³-hybridized carbons (Fsp3) is 0.684. The minimum atomic E-state index is -0.618. The van der Waals surface area contributed by atoms with Crippen molar-refractivity contribution >= 4 is 0 Å². The number of aliphatic hydroxyl groups is 1. The molecule has 0 amide bonds. The highest BCUT2D eigenvalue weighted by molar-refractivity contribution is 5.25. The van der Waals surface area contributed by atoms with E-state index >= 15 is 0 Å². The van der Waals surface area contributed by atoms with E-state index in [2.05, 4.69) is 50.4 Å². The van der Waals surface area contributed by atoms with E-state index in [-0.39, 0.29) is 6.04 Å². The lowest BCUT2D eigenvalue weighted by atomic mass is 9.91. The van der Waals surface area contributed by atoms with Gasteiger partial charge < -0.3 is 15.2 Å². The first-order chi connectivity index (χ1) is 10.5. The van der Waals surface area contributed by atoms with Crippen molar-refractivity contribution in [3.8, 4) is 0 Å². The highest BCUT2D eigenvalue weighted by Gasteiger charge is 2.30. The Morgan fingerprint density at radius 1 is 1.18 bits per heavy atom. The van der Waals surface area contributed by atoms with Crippen LogP contribution in [0.3, 0.4) is 0 Å². The molecule has 0 spiro atoms. The van der Waals surface area contributed by atoms with Crippen molar-refractivity contribution in [2.45, 2.75) is 58.1 Å². The van der Waals surface area contributed by atoms with Gasteiger partial charge in [0.1, 0.15) is 0 Å². The Labute approximate surface area is 135 Å². The van der Waals surface area contributed by atoms with Crippen LogP contribution in [0.4, 0.5) is 0 Å². The largest absolute Gasteiger partial charge is 0.388 e. The molecular formula is C19H31NO2. The summed E-state index contributed by atoms with van der Waals surface area (Å²) in [7, 11) is 0. The minimum Gasteiger partial charge on any atom is -0.388 e. The molecule has 3 nitrogen and oxygen atoms in total. The summed E-state index contributed by atoms with van der Waals surface area (Å²) in [5.74, 6) is 0.487. The maximum absolute atomic E-state index is 10.6. The second-order valence-corrected chi connectivity index (χ2v) is 6.93. The molecule has 1 unspecified atom stereocenters. The van der Waals surface area contributed by atoms with E-state index in [4.69, 9.17) is 4.74 Å². The van der Waals surface area contributed by atoms with Gasteiger partial charge in [-0.25, -0.2) is 0 Å².